The molecule has 1 saturated carbocycles. The van der Waals surface area contributed by atoms with Crippen molar-refractivity contribution in [3.05, 3.63) is 77.5 Å². The molecule has 0 bridgehead atoms. The first-order chi connectivity index (χ1) is 20.1. The van der Waals surface area contributed by atoms with E-state index in [1.807, 2.05) is 37.3 Å². The van der Waals surface area contributed by atoms with Gasteiger partial charge in [-0.1, -0.05) is 55.0 Å². The molecule has 12 heteroatoms. The van der Waals surface area contributed by atoms with Crippen LogP contribution >= 0.6 is 11.8 Å². The van der Waals surface area contributed by atoms with E-state index in [1.165, 1.54) is 21.6 Å². The van der Waals surface area contributed by atoms with Crippen LogP contribution in [0.15, 0.2) is 71.9 Å². The molecular weight excluding hydrogens is 569 g/mol. The second-order valence-electron chi connectivity index (χ2n) is 10.6. The fourth-order valence-corrected chi connectivity index (χ4v) is 6.74. The second-order valence-corrected chi connectivity index (χ2v) is 11.9. The van der Waals surface area contributed by atoms with E-state index in [0.29, 0.717) is 12.2 Å². The molecule has 8 nitrogen and oxygen atoms in total. The summed E-state index contributed by atoms with van der Waals surface area (Å²) >= 11 is 1.31. The minimum Gasteiger partial charge on any atom is -0.338 e. The number of thioether (sulfide) groups is 1. The lowest BCUT2D eigenvalue weighted by Crippen LogP contribution is -2.59. The quantitative estimate of drug-likeness (QED) is 0.425. The Morgan fingerprint density at radius 2 is 1.74 bits per heavy atom. The van der Waals surface area contributed by atoms with Gasteiger partial charge < -0.3 is 15.1 Å². The SMILES string of the molecule is C[C@H](NCCC(=O)N1CCC2=C(C1)C(=O)N(c1ccccc1)C(SC1CCC1)N2OC(=O)C(F)(F)F)c1ccccc1. The third kappa shape index (κ3) is 6.59. The van der Waals surface area contributed by atoms with Crippen LogP contribution in [0.1, 0.15) is 50.6 Å². The highest BCUT2D eigenvalue weighted by molar-refractivity contribution is 8.00. The number of nitrogens with zero attached hydrogens (tertiary/aromatic N) is 3. The van der Waals surface area contributed by atoms with E-state index in [-0.39, 0.29) is 54.4 Å². The third-order valence-electron chi connectivity index (χ3n) is 7.74. The van der Waals surface area contributed by atoms with E-state index in [1.54, 1.807) is 30.3 Å². The van der Waals surface area contributed by atoms with Gasteiger partial charge in [-0.3, -0.25) is 14.5 Å². The monoisotopic (exact) mass is 602 g/mol. The Morgan fingerprint density at radius 1 is 1.07 bits per heavy atom. The number of hydroxylamine groups is 2. The van der Waals surface area contributed by atoms with Crippen LogP contribution in [-0.2, 0) is 19.2 Å². The maximum Gasteiger partial charge on any atom is 0.493 e. The van der Waals surface area contributed by atoms with Gasteiger partial charge in [0.15, 0.2) is 5.50 Å². The molecule has 2 aromatic carbocycles. The van der Waals surface area contributed by atoms with Crippen LogP contribution in [0.4, 0.5) is 18.9 Å². The average molecular weight is 603 g/mol. The predicted octanol–water partition coefficient (Wildman–Crippen LogP) is 5.15. The van der Waals surface area contributed by atoms with Gasteiger partial charge in [-0.2, -0.15) is 18.2 Å². The first-order valence-corrected chi connectivity index (χ1v) is 15.0. The number of nitrogens with one attached hydrogen (secondary N) is 1. The Bertz CT molecular complexity index is 1320. The molecule has 2 aromatic rings. The number of amides is 2. The summed E-state index contributed by atoms with van der Waals surface area (Å²) in [7, 11) is 0. The van der Waals surface area contributed by atoms with Crippen molar-refractivity contribution in [2.75, 3.05) is 24.5 Å². The summed E-state index contributed by atoms with van der Waals surface area (Å²) in [6.07, 6.45) is -2.27. The van der Waals surface area contributed by atoms with E-state index in [4.69, 9.17) is 4.84 Å². The maximum atomic E-state index is 14.0. The van der Waals surface area contributed by atoms with Crippen molar-refractivity contribution in [2.24, 2.45) is 0 Å². The molecule has 0 aromatic heterocycles. The number of carbonyl (C=O) groups excluding carboxylic acids is 3. The van der Waals surface area contributed by atoms with E-state index in [2.05, 4.69) is 5.32 Å². The van der Waals surface area contributed by atoms with Gasteiger partial charge in [0.25, 0.3) is 5.91 Å². The smallest absolute Gasteiger partial charge is 0.338 e. The van der Waals surface area contributed by atoms with Gasteiger partial charge in [0.2, 0.25) is 5.91 Å². The zero-order chi connectivity index (χ0) is 29.9. The molecule has 3 aliphatic rings. The summed E-state index contributed by atoms with van der Waals surface area (Å²) < 4.78 is 40.1. The van der Waals surface area contributed by atoms with E-state index < -0.39 is 23.6 Å². The standard InChI is InChI=1S/C30H33F3N4O4S/c1-20(21-9-4-2-5-10-21)34-17-15-26(38)35-18-16-25-24(19-35)27(39)36(22-11-6-3-7-12-22)29(42-23-13-8-14-23)37(25)41-28(40)30(31,32)33/h2-7,9-12,20,23,29,34H,8,13-19H2,1H3/t20-,29?/m0/s1. The molecule has 2 atom stereocenters. The van der Waals surface area contributed by atoms with Crippen molar-refractivity contribution in [3.8, 4) is 0 Å². The molecule has 2 heterocycles. The second kappa shape index (κ2) is 12.8. The van der Waals surface area contributed by atoms with E-state index >= 15 is 0 Å². The number of halogens is 3. The minimum absolute atomic E-state index is 0.0380. The Balaban J connectivity index is 1.38. The molecule has 5 rings (SSSR count). The molecule has 0 radical (unpaired) electrons. The van der Waals surface area contributed by atoms with Gasteiger partial charge in [0.05, 0.1) is 17.8 Å². The van der Waals surface area contributed by atoms with Crippen LogP contribution in [0.3, 0.4) is 0 Å². The number of rotatable bonds is 9. The van der Waals surface area contributed by atoms with Crippen LogP contribution in [0.25, 0.3) is 0 Å². The van der Waals surface area contributed by atoms with Crippen molar-refractivity contribution in [1.82, 2.24) is 15.3 Å². The van der Waals surface area contributed by atoms with Crippen LogP contribution in [0.5, 0.6) is 0 Å². The highest BCUT2D eigenvalue weighted by atomic mass is 32.2. The normalized spacial score (nSPS) is 20.2. The number of hydrogen-bond acceptors (Lipinski definition) is 7. The minimum atomic E-state index is -5.22. The number of alkyl halides is 3. The Hall–Kier alpha value is -3.51. The van der Waals surface area contributed by atoms with Crippen LogP contribution < -0.4 is 10.2 Å². The number of para-hydroxylation sites is 1. The highest BCUT2D eigenvalue weighted by Crippen LogP contribution is 2.44. The summed E-state index contributed by atoms with van der Waals surface area (Å²) in [5.74, 6) is -2.95. The lowest BCUT2D eigenvalue weighted by Gasteiger charge is -2.48. The molecule has 42 heavy (non-hydrogen) atoms. The summed E-state index contributed by atoms with van der Waals surface area (Å²) in [4.78, 5) is 47.2. The Morgan fingerprint density at radius 3 is 2.36 bits per heavy atom. The molecule has 1 unspecified atom stereocenters. The molecule has 2 amide bonds. The Labute approximate surface area is 246 Å². The van der Waals surface area contributed by atoms with Gasteiger partial charge in [-0.05, 0) is 37.5 Å². The average Bonchev–Trinajstić information content (AvgIpc) is 2.96. The number of hydrogen-bond donors (Lipinski definition) is 1. The zero-order valence-electron chi connectivity index (χ0n) is 23.2. The van der Waals surface area contributed by atoms with E-state index in [0.717, 1.165) is 29.9 Å². The Kier molecular flexibility index (Phi) is 9.12. The summed E-state index contributed by atoms with van der Waals surface area (Å²) in [5.41, 5.74) is 0.892. The van der Waals surface area contributed by atoms with Gasteiger partial charge in [-0.15, -0.1) is 11.8 Å². The first kappa shape index (κ1) is 30.0. The zero-order valence-corrected chi connectivity index (χ0v) is 24.0. The highest BCUT2D eigenvalue weighted by Gasteiger charge is 2.50. The molecular formula is C30H33F3N4O4S. The van der Waals surface area contributed by atoms with Crippen molar-refractivity contribution in [3.63, 3.8) is 0 Å². The van der Waals surface area contributed by atoms with Crippen molar-refractivity contribution < 1.29 is 32.4 Å². The van der Waals surface area contributed by atoms with E-state index in [9.17, 15) is 27.6 Å². The van der Waals surface area contributed by atoms with Crippen LogP contribution in [0.2, 0.25) is 0 Å². The van der Waals surface area contributed by atoms with Crippen LogP contribution in [-0.4, -0.2) is 64.3 Å². The lowest BCUT2D eigenvalue weighted by atomic mass is 10.00. The molecule has 224 valence electrons. The molecule has 2 aliphatic heterocycles. The fourth-order valence-electron chi connectivity index (χ4n) is 5.17. The topological polar surface area (TPSA) is 82.2 Å². The van der Waals surface area contributed by atoms with Crippen molar-refractivity contribution in [1.29, 1.82) is 0 Å². The summed E-state index contributed by atoms with van der Waals surface area (Å²) in [6.45, 7) is 2.51. The van der Waals surface area contributed by atoms with Gasteiger partial charge in [0.1, 0.15) is 0 Å². The first-order valence-electron chi connectivity index (χ1n) is 14.0. The number of benzene rings is 2. The summed E-state index contributed by atoms with van der Waals surface area (Å²) in [5, 5.41) is 4.40. The van der Waals surface area contributed by atoms with Gasteiger partial charge >= 0.3 is 12.1 Å². The molecule has 0 spiro atoms. The number of anilines is 1. The molecule has 1 N–H and O–H groups in total. The van der Waals surface area contributed by atoms with Crippen LogP contribution in [0, 0.1) is 0 Å². The van der Waals surface area contributed by atoms with Gasteiger partial charge in [0, 0.05) is 42.9 Å². The molecule has 0 saturated heterocycles. The number of carbonyl (C=O) groups is 3. The maximum absolute atomic E-state index is 14.0. The largest absolute Gasteiger partial charge is 0.493 e. The third-order valence-corrected chi connectivity index (χ3v) is 9.24. The van der Waals surface area contributed by atoms with Crippen molar-refractivity contribution >= 4 is 35.2 Å². The van der Waals surface area contributed by atoms with Crippen molar-refractivity contribution in [2.45, 2.75) is 62.0 Å². The molecule has 1 fully saturated rings. The fraction of sp³-hybridized carbons (Fsp3) is 0.433. The summed E-state index contributed by atoms with van der Waals surface area (Å²) in [6, 6.07) is 18.5. The lowest BCUT2D eigenvalue weighted by molar-refractivity contribution is -0.235. The predicted molar refractivity (Wildman–Crippen MR) is 153 cm³/mol. The molecule has 1 aliphatic carbocycles. The van der Waals surface area contributed by atoms with Gasteiger partial charge in [-0.25, -0.2) is 4.79 Å².